The molecule has 3 nitrogen and oxygen atoms in total. The third-order valence-corrected chi connectivity index (χ3v) is 2.04. The van der Waals surface area contributed by atoms with Gasteiger partial charge in [-0.1, -0.05) is 4.90 Å². The molecule has 0 atom stereocenters. The molecule has 0 bridgehead atoms. The molecule has 1 rings (SSSR count). The Morgan fingerprint density at radius 2 is 1.15 bits per heavy atom. The second kappa shape index (κ2) is 3.93. The van der Waals surface area contributed by atoms with Crippen molar-refractivity contribution < 1.29 is 57.8 Å². The highest BCUT2D eigenvalue weighted by Gasteiger charge is 2.88. The zero-order valence-electron chi connectivity index (χ0n) is 8.42. The lowest BCUT2D eigenvalue weighted by Crippen LogP contribution is -2.78. The highest BCUT2D eigenvalue weighted by Crippen LogP contribution is 2.58. The highest BCUT2D eigenvalue weighted by atomic mass is 19.4. The molecule has 0 saturated carbocycles. The Labute approximate surface area is 100 Å². The van der Waals surface area contributed by atoms with Gasteiger partial charge in [-0.2, -0.15) is 48.3 Å². The average molecular weight is 327 g/mol. The summed E-state index contributed by atoms with van der Waals surface area (Å²) in [7, 11) is 0. The van der Waals surface area contributed by atoms with Crippen LogP contribution in [-0.2, 0) is 9.53 Å². The molecule has 0 aromatic rings. The lowest BCUT2D eigenvalue weighted by atomic mass is 10.2. The minimum atomic E-state index is -6.82. The molecule has 20 heavy (non-hydrogen) atoms. The fraction of sp³-hybridized carbons (Fsp3) is 0.833. The molecule has 0 aromatic heterocycles. The van der Waals surface area contributed by atoms with E-state index in [4.69, 9.17) is 0 Å². The first-order valence-electron chi connectivity index (χ1n) is 4.11. The van der Waals surface area contributed by atoms with Gasteiger partial charge in [0.15, 0.2) is 0 Å². The number of morpholine rings is 1. The van der Waals surface area contributed by atoms with E-state index < -0.39 is 41.3 Å². The zero-order valence-corrected chi connectivity index (χ0v) is 8.42. The molecular formula is C6F11NO2. The second-order valence-electron chi connectivity index (χ2n) is 3.37. The Kier molecular flexibility index (Phi) is 3.31. The molecule has 1 saturated heterocycles. The normalized spacial score (nSPS) is 28.1. The SMILES string of the molecule is O=C(F)C(F)(F)N1C(F)(F)C(F)(F)OC(F)(F)C1(F)F. The van der Waals surface area contributed by atoms with Crippen LogP contribution < -0.4 is 0 Å². The fourth-order valence-corrected chi connectivity index (χ4v) is 1.16. The Morgan fingerprint density at radius 1 is 0.850 bits per heavy atom. The molecule has 118 valence electrons. The topological polar surface area (TPSA) is 29.5 Å². The lowest BCUT2D eigenvalue weighted by Gasteiger charge is -2.48. The number of alkyl halides is 10. The van der Waals surface area contributed by atoms with Crippen molar-refractivity contribution in [2.45, 2.75) is 30.4 Å². The molecule has 0 aromatic carbocycles. The smallest absolute Gasteiger partial charge is 0.252 e. The summed E-state index contributed by atoms with van der Waals surface area (Å²) in [6, 6.07) is -24.6. The van der Waals surface area contributed by atoms with Gasteiger partial charge in [-0.15, -0.1) is 0 Å². The monoisotopic (exact) mass is 327 g/mol. The number of nitrogens with zero attached hydrogens (tertiary/aromatic N) is 1. The van der Waals surface area contributed by atoms with Crippen LogP contribution in [-0.4, -0.2) is 41.3 Å². The van der Waals surface area contributed by atoms with Crippen LogP contribution >= 0.6 is 0 Å². The predicted molar refractivity (Wildman–Crippen MR) is 33.8 cm³/mol. The van der Waals surface area contributed by atoms with E-state index in [1.54, 1.807) is 0 Å². The number of halogens is 11. The van der Waals surface area contributed by atoms with E-state index in [9.17, 15) is 53.1 Å². The highest BCUT2D eigenvalue weighted by molar-refractivity contribution is 5.75. The molecule has 0 N–H and O–H groups in total. The van der Waals surface area contributed by atoms with Crippen molar-refractivity contribution in [2.24, 2.45) is 0 Å². The van der Waals surface area contributed by atoms with E-state index in [0.29, 0.717) is 0 Å². The Balaban J connectivity index is 3.60. The van der Waals surface area contributed by atoms with Crippen molar-refractivity contribution in [3.63, 3.8) is 0 Å². The number of hydrogen-bond acceptors (Lipinski definition) is 3. The molecule has 1 fully saturated rings. The zero-order chi connectivity index (χ0) is 16.4. The molecule has 1 aliphatic rings. The first-order chi connectivity index (χ1) is 8.52. The van der Waals surface area contributed by atoms with E-state index >= 15 is 0 Å². The quantitative estimate of drug-likeness (QED) is 0.444. The molecule has 0 aliphatic carbocycles. The number of ether oxygens (including phenoxy) is 1. The summed E-state index contributed by atoms with van der Waals surface area (Å²) in [4.78, 5) is 6.19. The van der Waals surface area contributed by atoms with Gasteiger partial charge in [0.2, 0.25) is 0 Å². The number of hydrogen-bond donors (Lipinski definition) is 0. The van der Waals surface area contributed by atoms with Crippen LogP contribution in [0.5, 0.6) is 0 Å². The van der Waals surface area contributed by atoms with Crippen molar-refractivity contribution in [3.05, 3.63) is 0 Å². The van der Waals surface area contributed by atoms with Crippen LogP contribution in [0.15, 0.2) is 0 Å². The molecule has 0 radical (unpaired) electrons. The van der Waals surface area contributed by atoms with E-state index in [2.05, 4.69) is 0 Å². The maximum atomic E-state index is 12.8. The van der Waals surface area contributed by atoms with E-state index in [1.807, 2.05) is 4.74 Å². The third-order valence-electron chi connectivity index (χ3n) is 2.04. The third kappa shape index (κ3) is 1.92. The molecular weight excluding hydrogens is 327 g/mol. The number of carbonyl (C=O) groups is 1. The van der Waals surface area contributed by atoms with Gasteiger partial charge in [-0.25, -0.2) is 4.74 Å². The Bertz CT molecular complexity index is 407. The maximum Gasteiger partial charge on any atom is 0.439 e. The molecule has 0 unspecified atom stereocenters. The summed E-state index contributed by atoms with van der Waals surface area (Å²) in [6.45, 7) is 0. The van der Waals surface area contributed by atoms with Crippen molar-refractivity contribution in [2.75, 3.05) is 0 Å². The van der Waals surface area contributed by atoms with Gasteiger partial charge in [0, 0.05) is 0 Å². The maximum absolute atomic E-state index is 12.8. The lowest BCUT2D eigenvalue weighted by molar-refractivity contribution is -0.581. The van der Waals surface area contributed by atoms with Gasteiger partial charge in [-0.05, 0) is 0 Å². The molecule has 0 amide bonds. The van der Waals surface area contributed by atoms with E-state index in [-0.39, 0.29) is 0 Å². The molecule has 0 spiro atoms. The van der Waals surface area contributed by atoms with Gasteiger partial charge < -0.3 is 0 Å². The molecule has 1 heterocycles. The van der Waals surface area contributed by atoms with Gasteiger partial charge in [0.25, 0.3) is 0 Å². The van der Waals surface area contributed by atoms with Gasteiger partial charge in [0.05, 0.1) is 0 Å². The van der Waals surface area contributed by atoms with Crippen LogP contribution in [0.1, 0.15) is 0 Å². The first-order valence-corrected chi connectivity index (χ1v) is 4.11. The van der Waals surface area contributed by atoms with Crippen LogP contribution in [0.2, 0.25) is 0 Å². The molecule has 14 heteroatoms. The van der Waals surface area contributed by atoms with Gasteiger partial charge >= 0.3 is 36.4 Å². The summed E-state index contributed by atoms with van der Waals surface area (Å²) in [5.74, 6) is 0. The largest absolute Gasteiger partial charge is 0.439 e. The summed E-state index contributed by atoms with van der Waals surface area (Å²) in [5, 5.41) is 0. The van der Waals surface area contributed by atoms with Crippen LogP contribution in [0, 0.1) is 0 Å². The van der Waals surface area contributed by atoms with Crippen LogP contribution in [0.25, 0.3) is 0 Å². The van der Waals surface area contributed by atoms with Crippen molar-refractivity contribution in [1.29, 1.82) is 0 Å². The summed E-state index contributed by atoms with van der Waals surface area (Å²) in [5.41, 5.74) is 0. The second-order valence-corrected chi connectivity index (χ2v) is 3.37. The van der Waals surface area contributed by atoms with Crippen LogP contribution in [0.3, 0.4) is 0 Å². The Hall–Kier alpha value is -1.18. The standard InChI is InChI=1S/C6F11NO2/c7-1(19)2(8,9)18-3(10,11)5(14,15)20-6(16,17)4(18,12)13. The minimum absolute atomic E-state index is 1.82. The van der Waals surface area contributed by atoms with Crippen molar-refractivity contribution >= 4 is 6.04 Å². The van der Waals surface area contributed by atoms with Gasteiger partial charge in [0.1, 0.15) is 0 Å². The van der Waals surface area contributed by atoms with Gasteiger partial charge in [-0.3, -0.25) is 4.79 Å². The fourth-order valence-electron chi connectivity index (χ4n) is 1.16. The predicted octanol–water partition coefficient (Wildman–Crippen LogP) is 2.78. The minimum Gasteiger partial charge on any atom is -0.252 e. The molecule has 1 aliphatic heterocycles. The summed E-state index contributed by atoms with van der Waals surface area (Å²) < 4.78 is 140. The summed E-state index contributed by atoms with van der Waals surface area (Å²) >= 11 is 0. The number of rotatable bonds is 2. The van der Waals surface area contributed by atoms with Crippen molar-refractivity contribution in [1.82, 2.24) is 4.90 Å². The van der Waals surface area contributed by atoms with Crippen molar-refractivity contribution in [3.8, 4) is 0 Å². The van der Waals surface area contributed by atoms with E-state index in [1.165, 1.54) is 0 Å². The van der Waals surface area contributed by atoms with Crippen LogP contribution in [0.4, 0.5) is 48.3 Å². The summed E-state index contributed by atoms with van der Waals surface area (Å²) in [6.07, 6.45) is -13.1. The Morgan fingerprint density at radius 3 is 1.40 bits per heavy atom. The first kappa shape index (κ1) is 16.9. The average Bonchev–Trinajstić information content (AvgIpc) is 2.11. The van der Waals surface area contributed by atoms with E-state index in [0.717, 1.165) is 0 Å². The number of carbonyl (C=O) groups excluding carboxylic acids is 1.